The number of carbonyl (C=O) groups is 3. The lowest BCUT2D eigenvalue weighted by atomic mass is 10.4. The molecule has 0 unspecified atom stereocenters. The predicted molar refractivity (Wildman–Crippen MR) is 63.4 cm³/mol. The van der Waals surface area contributed by atoms with Crippen LogP contribution in [-0.4, -0.2) is 40.5 Å². The van der Waals surface area contributed by atoms with E-state index in [-0.39, 0.29) is 11.1 Å². The average Bonchev–Trinajstić information content (AvgIpc) is 2.35. The van der Waals surface area contributed by atoms with Crippen molar-refractivity contribution in [3.8, 4) is 0 Å². The topological polar surface area (TPSA) is 119 Å². The van der Waals surface area contributed by atoms with E-state index in [1.165, 1.54) is 13.8 Å². The van der Waals surface area contributed by atoms with Crippen LogP contribution in [0.2, 0.25) is 0 Å². The summed E-state index contributed by atoms with van der Waals surface area (Å²) in [4.78, 5) is 34.8. The molecule has 0 bridgehead atoms. The van der Waals surface area contributed by atoms with E-state index < -0.39 is 30.3 Å². The lowest BCUT2D eigenvalue weighted by Gasteiger charge is -2.26. The molecule has 1 saturated heterocycles. The number of rotatable bonds is 2. The highest BCUT2D eigenvalue weighted by Gasteiger charge is 2.67. The van der Waals surface area contributed by atoms with Gasteiger partial charge in [-0.1, -0.05) is 18.0 Å². The maximum atomic E-state index is 11.8. The lowest BCUT2D eigenvalue weighted by Crippen LogP contribution is -2.50. The molecule has 12 heteroatoms. The van der Waals surface area contributed by atoms with Gasteiger partial charge in [0.25, 0.3) is 0 Å². The summed E-state index contributed by atoms with van der Waals surface area (Å²) in [7, 11) is 0. The Balaban J connectivity index is 0. The van der Waals surface area contributed by atoms with Gasteiger partial charge in [-0.15, -0.1) is 0 Å². The zero-order chi connectivity index (χ0) is 19.0. The fourth-order valence-electron chi connectivity index (χ4n) is 0.316. The first kappa shape index (κ1) is 22.6. The SMILES string of the molecule is C=C(C)C(=O)O.C=C(C)C(=O)O.O=C1OOC(F)(F)C(F)(F)O1. The van der Waals surface area contributed by atoms with Crippen LogP contribution in [0.1, 0.15) is 13.8 Å². The molecule has 1 aliphatic heterocycles. The molecule has 1 rings (SSSR count). The Labute approximate surface area is 126 Å². The Morgan fingerprint density at radius 3 is 1.43 bits per heavy atom. The highest BCUT2D eigenvalue weighted by atomic mass is 19.3. The Morgan fingerprint density at radius 2 is 1.26 bits per heavy atom. The summed E-state index contributed by atoms with van der Waals surface area (Å²) in [6.45, 7) is 9.20. The average molecular weight is 348 g/mol. The van der Waals surface area contributed by atoms with E-state index in [0.29, 0.717) is 0 Å². The summed E-state index contributed by atoms with van der Waals surface area (Å²) in [5.74, 6) is -1.87. The molecule has 1 aliphatic rings. The van der Waals surface area contributed by atoms with Gasteiger partial charge in [0.2, 0.25) is 0 Å². The summed E-state index contributed by atoms with van der Waals surface area (Å²) in [5.41, 5.74) is 0.352. The van der Waals surface area contributed by atoms with Crippen LogP contribution in [-0.2, 0) is 24.1 Å². The van der Waals surface area contributed by atoms with Crippen molar-refractivity contribution in [2.45, 2.75) is 26.1 Å². The molecule has 0 aromatic carbocycles. The number of ether oxygens (including phenoxy) is 1. The van der Waals surface area contributed by atoms with Crippen molar-refractivity contribution in [3.63, 3.8) is 0 Å². The quantitative estimate of drug-likeness (QED) is 0.338. The zero-order valence-electron chi connectivity index (χ0n) is 11.8. The van der Waals surface area contributed by atoms with E-state index in [2.05, 4.69) is 27.7 Å². The largest absolute Gasteiger partial charge is 0.545 e. The Kier molecular flexibility index (Phi) is 8.59. The highest BCUT2D eigenvalue weighted by molar-refractivity contribution is 5.85. The number of carbonyl (C=O) groups excluding carboxylic acids is 1. The van der Waals surface area contributed by atoms with Crippen LogP contribution in [0.15, 0.2) is 24.3 Å². The molecule has 0 amide bonds. The molecule has 8 nitrogen and oxygen atoms in total. The molecule has 0 radical (unpaired) electrons. The number of aliphatic carboxylic acids is 2. The van der Waals surface area contributed by atoms with Crippen LogP contribution in [0, 0.1) is 0 Å². The van der Waals surface area contributed by atoms with Crippen molar-refractivity contribution in [2.24, 2.45) is 0 Å². The number of halogens is 4. The first-order valence-electron chi connectivity index (χ1n) is 5.26. The zero-order valence-corrected chi connectivity index (χ0v) is 11.8. The van der Waals surface area contributed by atoms with E-state index in [9.17, 15) is 31.9 Å². The molecule has 0 saturated carbocycles. The summed E-state index contributed by atoms with van der Waals surface area (Å²) >= 11 is 0. The van der Waals surface area contributed by atoms with Gasteiger partial charge in [0.05, 0.1) is 0 Å². The van der Waals surface area contributed by atoms with Gasteiger partial charge in [-0.2, -0.15) is 17.6 Å². The van der Waals surface area contributed by atoms with E-state index >= 15 is 0 Å². The van der Waals surface area contributed by atoms with E-state index in [1.54, 1.807) is 0 Å². The van der Waals surface area contributed by atoms with E-state index in [0.717, 1.165) is 0 Å². The number of hydrogen-bond acceptors (Lipinski definition) is 6. The van der Waals surface area contributed by atoms with Crippen LogP contribution >= 0.6 is 0 Å². The van der Waals surface area contributed by atoms with Crippen molar-refractivity contribution >= 4 is 18.1 Å². The van der Waals surface area contributed by atoms with Crippen LogP contribution in [0.3, 0.4) is 0 Å². The summed E-state index contributed by atoms with van der Waals surface area (Å²) in [6, 6.07) is 0. The molecular formula is C11H12F4O8. The number of carboxylic acid groups (broad SMARTS) is 2. The Bertz CT molecular complexity index is 452. The molecule has 132 valence electrons. The monoisotopic (exact) mass is 348 g/mol. The number of alkyl halides is 4. The van der Waals surface area contributed by atoms with Crippen molar-refractivity contribution in [1.29, 1.82) is 0 Å². The molecule has 2 N–H and O–H groups in total. The van der Waals surface area contributed by atoms with Crippen LogP contribution < -0.4 is 0 Å². The molecule has 1 heterocycles. The lowest BCUT2D eigenvalue weighted by molar-refractivity contribution is -0.534. The van der Waals surface area contributed by atoms with Crippen LogP contribution in [0.4, 0.5) is 22.4 Å². The van der Waals surface area contributed by atoms with Crippen molar-refractivity contribution in [3.05, 3.63) is 24.3 Å². The van der Waals surface area contributed by atoms with Gasteiger partial charge < -0.3 is 14.9 Å². The molecule has 0 aromatic heterocycles. The number of carboxylic acids is 2. The van der Waals surface area contributed by atoms with Crippen molar-refractivity contribution in [2.75, 3.05) is 0 Å². The van der Waals surface area contributed by atoms with Crippen molar-refractivity contribution < 1.29 is 56.7 Å². The smallest absolute Gasteiger partial charge is 0.478 e. The number of cyclic esters (lactones) is 1. The molecule has 1 fully saturated rings. The van der Waals surface area contributed by atoms with Gasteiger partial charge in [0, 0.05) is 11.1 Å². The maximum Gasteiger partial charge on any atom is 0.545 e. The van der Waals surface area contributed by atoms with E-state index in [1.807, 2.05) is 0 Å². The third-order valence-electron chi connectivity index (χ3n) is 1.49. The summed E-state index contributed by atoms with van der Waals surface area (Å²) in [6.07, 6.45) is -11.9. The minimum atomic E-state index is -4.98. The molecule has 0 atom stereocenters. The molecule has 0 aliphatic carbocycles. The second-order valence-corrected chi connectivity index (χ2v) is 3.72. The second kappa shape index (κ2) is 8.73. The number of hydrogen-bond donors (Lipinski definition) is 2. The summed E-state index contributed by atoms with van der Waals surface area (Å²) in [5, 5.41) is 15.8. The highest BCUT2D eigenvalue weighted by Crippen LogP contribution is 2.39. The van der Waals surface area contributed by atoms with Crippen LogP contribution in [0.5, 0.6) is 0 Å². The molecule has 0 spiro atoms. The fraction of sp³-hybridized carbons (Fsp3) is 0.364. The minimum Gasteiger partial charge on any atom is -0.478 e. The Morgan fingerprint density at radius 1 is 0.957 bits per heavy atom. The van der Waals surface area contributed by atoms with Crippen LogP contribution in [0.25, 0.3) is 0 Å². The van der Waals surface area contributed by atoms with Crippen molar-refractivity contribution in [1.82, 2.24) is 0 Å². The third-order valence-corrected chi connectivity index (χ3v) is 1.49. The minimum absolute atomic E-state index is 0.176. The second-order valence-electron chi connectivity index (χ2n) is 3.72. The third kappa shape index (κ3) is 9.08. The first-order valence-corrected chi connectivity index (χ1v) is 5.26. The normalized spacial score (nSPS) is 16.9. The van der Waals surface area contributed by atoms with Gasteiger partial charge in [-0.3, -0.25) is 4.89 Å². The molecule has 23 heavy (non-hydrogen) atoms. The summed E-state index contributed by atoms with van der Waals surface area (Å²) < 4.78 is 50.1. The van der Waals surface area contributed by atoms with Gasteiger partial charge in [-0.05, 0) is 13.8 Å². The van der Waals surface area contributed by atoms with Gasteiger partial charge >= 0.3 is 30.3 Å². The van der Waals surface area contributed by atoms with Gasteiger partial charge in [0.15, 0.2) is 0 Å². The van der Waals surface area contributed by atoms with E-state index in [4.69, 9.17) is 10.2 Å². The van der Waals surface area contributed by atoms with Gasteiger partial charge in [0.1, 0.15) is 0 Å². The molecule has 0 aromatic rings. The van der Waals surface area contributed by atoms with Gasteiger partial charge in [-0.25, -0.2) is 14.4 Å². The fourth-order valence-corrected chi connectivity index (χ4v) is 0.316. The standard InChI is InChI=1S/2C4H6O2.C3F4O4/c2*1-3(2)4(5)6;4-2(5)3(6,7)11-10-1(8)9-2/h2*1H2,2H3,(H,5,6);. The predicted octanol–water partition coefficient (Wildman–Crippen LogP) is 2.56. The Hall–Kier alpha value is -2.63. The first-order chi connectivity index (χ1) is 10.1. The molecular weight excluding hydrogens is 336 g/mol. The maximum absolute atomic E-state index is 11.8.